The summed E-state index contributed by atoms with van der Waals surface area (Å²) in [4.78, 5) is 27.0. The molecule has 1 amide bonds. The number of rotatable bonds is 6. The molecule has 0 unspecified atom stereocenters. The van der Waals surface area contributed by atoms with Gasteiger partial charge in [0.05, 0.1) is 25.7 Å². The molecule has 3 aromatic rings. The van der Waals surface area contributed by atoms with Crippen molar-refractivity contribution in [2.24, 2.45) is 0 Å². The smallest absolute Gasteiger partial charge is 0.270 e. The molecule has 7 nitrogen and oxygen atoms in total. The number of aryl methyl sites for hydroxylation is 1. The number of nitrogens with one attached hydrogen (secondary N) is 2. The van der Waals surface area contributed by atoms with Gasteiger partial charge >= 0.3 is 0 Å². The molecule has 0 bridgehead atoms. The van der Waals surface area contributed by atoms with Gasteiger partial charge in [0.2, 0.25) is 0 Å². The van der Waals surface area contributed by atoms with Crippen LogP contribution in [0.2, 0.25) is 5.02 Å². The largest absolute Gasteiger partial charge is 0.308 e. The molecule has 2 N–H and O–H groups in total. The van der Waals surface area contributed by atoms with Gasteiger partial charge in [-0.15, -0.1) is 0 Å². The number of aromatic nitrogens is 1. The number of benzene rings is 2. The van der Waals surface area contributed by atoms with Gasteiger partial charge in [-0.05, 0) is 48.8 Å². The molecule has 0 aliphatic heterocycles. The fourth-order valence-corrected chi connectivity index (χ4v) is 4.11. The number of non-ortho nitro benzene ring substituents is 1. The molecule has 29 heavy (non-hydrogen) atoms. The first-order valence-corrected chi connectivity index (χ1v) is 10.4. The van der Waals surface area contributed by atoms with Crippen molar-refractivity contribution in [3.05, 3.63) is 62.7 Å². The normalized spacial score (nSPS) is 10.7. The Balaban J connectivity index is 1.67. The van der Waals surface area contributed by atoms with Crippen LogP contribution in [0.1, 0.15) is 35.7 Å². The van der Waals surface area contributed by atoms with Crippen molar-refractivity contribution in [1.29, 1.82) is 0 Å². The second kappa shape index (κ2) is 9.25. The maximum Gasteiger partial charge on any atom is 0.270 e. The van der Waals surface area contributed by atoms with Gasteiger partial charge in [-0.2, -0.15) is 0 Å². The lowest BCUT2D eigenvalue weighted by molar-refractivity contribution is -0.384. The zero-order valence-electron chi connectivity index (χ0n) is 15.4. The molecule has 0 aliphatic carbocycles. The van der Waals surface area contributed by atoms with Crippen LogP contribution < -0.4 is 10.6 Å². The Hall–Kier alpha value is -2.62. The number of nitrogens with zero attached hydrogens (tertiary/aromatic N) is 2. The minimum absolute atomic E-state index is 0.0286. The Morgan fingerprint density at radius 2 is 2.10 bits per heavy atom. The van der Waals surface area contributed by atoms with E-state index in [1.807, 2.05) is 6.07 Å². The van der Waals surface area contributed by atoms with E-state index in [2.05, 4.69) is 34.7 Å². The number of fused-ring (bicyclic) bond motifs is 1. The standard InChI is InChI=1S/C19H17ClN4O3S2/c1-2-3-4-11-5-8-15-16(9-11)29-19(21-15)23-18(28)22-17(25)13-7-6-12(24(26)27)10-14(13)20/h5-10H,2-4H2,1H3,(H2,21,22,23,25,28). The summed E-state index contributed by atoms with van der Waals surface area (Å²) in [7, 11) is 0. The van der Waals surface area contributed by atoms with Crippen LogP contribution in [0.15, 0.2) is 36.4 Å². The topological polar surface area (TPSA) is 97.2 Å². The van der Waals surface area contributed by atoms with Gasteiger partial charge in [0.1, 0.15) is 0 Å². The van der Waals surface area contributed by atoms with E-state index in [1.165, 1.54) is 29.0 Å². The van der Waals surface area contributed by atoms with Crippen molar-refractivity contribution in [2.45, 2.75) is 26.2 Å². The van der Waals surface area contributed by atoms with E-state index in [0.29, 0.717) is 5.13 Å². The summed E-state index contributed by atoms with van der Waals surface area (Å²) in [5.74, 6) is -0.564. The van der Waals surface area contributed by atoms with Crippen LogP contribution >= 0.6 is 35.2 Å². The average molecular weight is 449 g/mol. The number of nitro groups is 1. The molecule has 10 heteroatoms. The summed E-state index contributed by atoms with van der Waals surface area (Å²) >= 11 is 12.6. The molecule has 2 aromatic carbocycles. The van der Waals surface area contributed by atoms with E-state index in [9.17, 15) is 14.9 Å². The third-order valence-electron chi connectivity index (χ3n) is 4.13. The van der Waals surface area contributed by atoms with E-state index in [0.717, 1.165) is 35.5 Å². The number of unbranched alkanes of at least 4 members (excludes halogenated alkanes) is 1. The van der Waals surface area contributed by atoms with E-state index in [4.69, 9.17) is 23.8 Å². The fraction of sp³-hybridized carbons (Fsp3) is 0.211. The number of carbonyl (C=O) groups is 1. The summed E-state index contributed by atoms with van der Waals surface area (Å²) in [5, 5.41) is 16.8. The van der Waals surface area contributed by atoms with Crippen molar-refractivity contribution in [3.8, 4) is 0 Å². The third kappa shape index (κ3) is 5.26. The number of thiazole rings is 1. The molecule has 0 spiro atoms. The molecule has 0 fully saturated rings. The predicted octanol–water partition coefficient (Wildman–Crippen LogP) is 5.33. The first-order chi connectivity index (χ1) is 13.9. The van der Waals surface area contributed by atoms with Crippen LogP contribution in [0.5, 0.6) is 0 Å². The average Bonchev–Trinajstić information content (AvgIpc) is 3.07. The second-order valence-corrected chi connectivity index (χ2v) is 8.10. The number of amides is 1. The number of halogens is 1. The third-order valence-corrected chi connectivity index (χ3v) is 5.58. The SMILES string of the molecule is CCCCc1ccc2nc(NC(=S)NC(=O)c3ccc([N+](=O)[O-])cc3Cl)sc2c1. The molecular formula is C19H17ClN4O3S2. The van der Waals surface area contributed by atoms with Crippen LogP contribution in [0, 0.1) is 10.1 Å². The highest BCUT2D eigenvalue weighted by atomic mass is 35.5. The maximum absolute atomic E-state index is 12.4. The van der Waals surface area contributed by atoms with Gasteiger partial charge in [-0.1, -0.05) is 42.3 Å². The number of nitro benzene ring substituents is 1. The van der Waals surface area contributed by atoms with Crippen molar-refractivity contribution >= 4 is 67.2 Å². The van der Waals surface area contributed by atoms with E-state index in [-0.39, 0.29) is 21.4 Å². The van der Waals surface area contributed by atoms with Crippen molar-refractivity contribution in [2.75, 3.05) is 5.32 Å². The lowest BCUT2D eigenvalue weighted by atomic mass is 10.1. The quantitative estimate of drug-likeness (QED) is 0.300. The molecule has 0 radical (unpaired) electrons. The van der Waals surface area contributed by atoms with Gasteiger partial charge < -0.3 is 5.32 Å². The van der Waals surface area contributed by atoms with E-state index in [1.54, 1.807) is 0 Å². The highest BCUT2D eigenvalue weighted by Gasteiger charge is 2.16. The summed E-state index contributed by atoms with van der Waals surface area (Å²) in [6.07, 6.45) is 3.30. The van der Waals surface area contributed by atoms with Crippen LogP contribution in [0.4, 0.5) is 10.8 Å². The first kappa shape index (κ1) is 21.1. The lowest BCUT2D eigenvalue weighted by Crippen LogP contribution is -2.34. The fourth-order valence-electron chi connectivity index (χ4n) is 2.66. The van der Waals surface area contributed by atoms with Crippen LogP contribution in [0.25, 0.3) is 10.2 Å². The number of thiocarbonyl (C=S) groups is 1. The second-order valence-electron chi connectivity index (χ2n) is 6.25. The first-order valence-electron chi connectivity index (χ1n) is 8.83. The molecule has 0 atom stereocenters. The van der Waals surface area contributed by atoms with Crippen LogP contribution in [-0.4, -0.2) is 20.9 Å². The Morgan fingerprint density at radius 3 is 2.79 bits per heavy atom. The molecule has 1 heterocycles. The monoisotopic (exact) mass is 448 g/mol. The van der Waals surface area contributed by atoms with Crippen LogP contribution in [-0.2, 0) is 6.42 Å². The molecule has 3 rings (SSSR count). The van der Waals surface area contributed by atoms with Gasteiger partial charge in [0.15, 0.2) is 10.2 Å². The highest BCUT2D eigenvalue weighted by molar-refractivity contribution is 7.80. The number of hydrogen-bond acceptors (Lipinski definition) is 6. The summed E-state index contributed by atoms with van der Waals surface area (Å²) in [6, 6.07) is 9.77. The zero-order chi connectivity index (χ0) is 21.0. The van der Waals surface area contributed by atoms with E-state index < -0.39 is 10.8 Å². The number of hydrogen-bond donors (Lipinski definition) is 2. The van der Waals surface area contributed by atoms with Gasteiger partial charge in [-0.25, -0.2) is 4.98 Å². The zero-order valence-corrected chi connectivity index (χ0v) is 17.8. The number of carbonyl (C=O) groups excluding carboxylic acids is 1. The molecule has 0 aliphatic rings. The Morgan fingerprint density at radius 1 is 1.31 bits per heavy atom. The molecular weight excluding hydrogens is 432 g/mol. The molecule has 1 aromatic heterocycles. The lowest BCUT2D eigenvalue weighted by Gasteiger charge is -2.08. The predicted molar refractivity (Wildman–Crippen MR) is 120 cm³/mol. The van der Waals surface area contributed by atoms with Crippen molar-refractivity contribution in [1.82, 2.24) is 10.3 Å². The van der Waals surface area contributed by atoms with Gasteiger partial charge in [0, 0.05) is 12.1 Å². The maximum atomic E-state index is 12.4. The Bertz CT molecular complexity index is 1100. The van der Waals surface area contributed by atoms with Gasteiger partial charge in [-0.3, -0.25) is 20.2 Å². The molecule has 0 saturated carbocycles. The van der Waals surface area contributed by atoms with Gasteiger partial charge in [0.25, 0.3) is 11.6 Å². The van der Waals surface area contributed by atoms with Crippen molar-refractivity contribution < 1.29 is 9.72 Å². The minimum Gasteiger partial charge on any atom is -0.308 e. The van der Waals surface area contributed by atoms with Crippen molar-refractivity contribution in [3.63, 3.8) is 0 Å². The summed E-state index contributed by atoms with van der Waals surface area (Å²) in [5.41, 5.74) is 2.01. The Kier molecular flexibility index (Phi) is 6.73. The highest BCUT2D eigenvalue weighted by Crippen LogP contribution is 2.27. The Labute approximate surface area is 181 Å². The number of anilines is 1. The molecule has 150 valence electrons. The summed E-state index contributed by atoms with van der Waals surface area (Å²) in [6.45, 7) is 2.16. The minimum atomic E-state index is -0.583. The molecule has 0 saturated heterocycles. The van der Waals surface area contributed by atoms with Crippen LogP contribution in [0.3, 0.4) is 0 Å². The summed E-state index contributed by atoms with van der Waals surface area (Å²) < 4.78 is 1.04. The van der Waals surface area contributed by atoms with E-state index >= 15 is 0 Å².